The lowest BCUT2D eigenvalue weighted by molar-refractivity contribution is -0.132. The van der Waals surface area contributed by atoms with Gasteiger partial charge >= 0.3 is 12.0 Å². The summed E-state index contributed by atoms with van der Waals surface area (Å²) in [4.78, 5) is 51.0. The summed E-state index contributed by atoms with van der Waals surface area (Å²) in [6.45, 7) is 5.69. The van der Waals surface area contributed by atoms with Crippen LogP contribution in [-0.2, 0) is 17.8 Å². The highest BCUT2D eigenvalue weighted by Gasteiger charge is 2.37. The van der Waals surface area contributed by atoms with Crippen LogP contribution in [0.1, 0.15) is 59.4 Å². The van der Waals surface area contributed by atoms with E-state index in [-0.39, 0.29) is 30.4 Å². The van der Waals surface area contributed by atoms with Crippen molar-refractivity contribution in [2.24, 2.45) is 11.7 Å². The number of nitrogens with zero attached hydrogens (tertiary/aromatic N) is 2. The molecule has 0 bridgehead atoms. The van der Waals surface area contributed by atoms with Crippen molar-refractivity contribution in [1.82, 2.24) is 25.2 Å². The lowest BCUT2D eigenvalue weighted by Gasteiger charge is -2.31. The molecule has 2 heterocycles. The molecule has 0 radical (unpaired) electrons. The number of nitrogens with two attached hydrogens (primary N) is 1. The van der Waals surface area contributed by atoms with Gasteiger partial charge in [0.05, 0.1) is 6.04 Å². The van der Waals surface area contributed by atoms with Gasteiger partial charge in [0.2, 0.25) is 5.91 Å². The topological polar surface area (TPSA) is 157 Å². The number of H-pyrrole nitrogens is 2. The highest BCUT2D eigenvalue weighted by molar-refractivity contribution is 5.97. The van der Waals surface area contributed by atoms with E-state index in [1.165, 1.54) is 0 Å². The van der Waals surface area contributed by atoms with Gasteiger partial charge < -0.3 is 26.1 Å². The van der Waals surface area contributed by atoms with E-state index in [1.807, 2.05) is 74.6 Å². The normalized spacial score (nSPS) is 12.8. The molecular weight excluding hydrogens is 496 g/mol. The highest BCUT2D eigenvalue weighted by Crippen LogP contribution is 2.29. The van der Waals surface area contributed by atoms with Crippen LogP contribution >= 0.6 is 0 Å². The minimum absolute atomic E-state index is 0.120. The van der Waals surface area contributed by atoms with E-state index in [1.54, 1.807) is 6.92 Å². The number of nitrogens with one attached hydrogen (secondary N) is 3. The number of rotatable bonds is 10. The Labute approximate surface area is 226 Å². The highest BCUT2D eigenvalue weighted by atomic mass is 16.4. The number of imidazole rings is 1. The second-order valence-electron chi connectivity index (χ2n) is 10.1. The zero-order valence-corrected chi connectivity index (χ0v) is 22.3. The van der Waals surface area contributed by atoms with Crippen LogP contribution in [0.5, 0.6) is 0 Å². The molecule has 3 amide bonds. The van der Waals surface area contributed by atoms with Gasteiger partial charge in [-0.2, -0.15) is 0 Å². The predicted octanol–water partition coefficient (Wildman–Crippen LogP) is 4.29. The van der Waals surface area contributed by atoms with Gasteiger partial charge in [0.1, 0.15) is 11.9 Å². The lowest BCUT2D eigenvalue weighted by Crippen LogP contribution is -2.52. The molecule has 0 spiro atoms. The number of para-hydroxylation sites is 1. The molecule has 0 unspecified atom stereocenters. The van der Waals surface area contributed by atoms with Gasteiger partial charge in [-0.1, -0.05) is 62.4 Å². The Kier molecular flexibility index (Phi) is 8.46. The number of aromatic nitrogens is 3. The van der Waals surface area contributed by atoms with Crippen LogP contribution < -0.4 is 11.1 Å². The van der Waals surface area contributed by atoms with Gasteiger partial charge in [0.25, 0.3) is 0 Å². The molecule has 0 aliphatic rings. The molecule has 2 atom stereocenters. The number of amides is 3. The van der Waals surface area contributed by atoms with E-state index in [0.717, 1.165) is 26.9 Å². The number of aromatic amines is 2. The van der Waals surface area contributed by atoms with Crippen LogP contribution in [0.25, 0.3) is 10.9 Å². The van der Waals surface area contributed by atoms with Crippen LogP contribution in [0, 0.1) is 12.8 Å². The number of carbonyl (C=O) groups is 3. The Morgan fingerprint density at radius 2 is 1.77 bits per heavy atom. The van der Waals surface area contributed by atoms with Gasteiger partial charge in [-0.05, 0) is 36.5 Å². The first kappa shape index (κ1) is 27.6. The molecule has 0 saturated carbocycles. The summed E-state index contributed by atoms with van der Waals surface area (Å²) < 4.78 is 0. The number of imide groups is 1. The van der Waals surface area contributed by atoms with Crippen LogP contribution in [-0.4, -0.2) is 48.9 Å². The van der Waals surface area contributed by atoms with Crippen molar-refractivity contribution in [2.45, 2.75) is 52.2 Å². The lowest BCUT2D eigenvalue weighted by atomic mass is 10.00. The number of carbonyl (C=O) groups excluding carboxylic acids is 2. The molecule has 2 aromatic heterocycles. The summed E-state index contributed by atoms with van der Waals surface area (Å²) in [5.74, 6) is -1.46. The van der Waals surface area contributed by atoms with Gasteiger partial charge in [0.15, 0.2) is 5.69 Å². The Morgan fingerprint density at radius 1 is 1.08 bits per heavy atom. The summed E-state index contributed by atoms with van der Waals surface area (Å²) in [6, 6.07) is 14.5. The average Bonchev–Trinajstić information content (AvgIpc) is 3.50. The monoisotopic (exact) mass is 530 g/mol. The standard InChI is InChI=1S/C29H34N6O4/c1-17(2)13-22(30)27(36)35(29(39)32-15-19-9-5-4-6-10-19)24(26-33-18(3)25(34-26)28(37)38)14-20-16-31-23-12-8-7-11-21(20)23/h4-12,16-17,22,24,31H,13-15,30H2,1-3H3,(H,32,39)(H,33,34)(H,37,38)/t22-,24+/m0/s1. The van der Waals surface area contributed by atoms with Crippen LogP contribution in [0.2, 0.25) is 0 Å². The third-order valence-electron chi connectivity index (χ3n) is 6.61. The Balaban J connectivity index is 1.78. The second-order valence-corrected chi connectivity index (χ2v) is 10.1. The Morgan fingerprint density at radius 3 is 2.44 bits per heavy atom. The Hall–Kier alpha value is -4.44. The maximum atomic E-state index is 13.8. The van der Waals surface area contributed by atoms with Crippen LogP contribution in [0.15, 0.2) is 60.8 Å². The van der Waals surface area contributed by atoms with Crippen molar-refractivity contribution >= 4 is 28.8 Å². The molecule has 0 aliphatic heterocycles. The van der Waals surface area contributed by atoms with E-state index in [0.29, 0.717) is 12.1 Å². The fourth-order valence-electron chi connectivity index (χ4n) is 4.71. The molecule has 10 heteroatoms. The van der Waals surface area contributed by atoms with E-state index in [2.05, 4.69) is 20.3 Å². The zero-order valence-electron chi connectivity index (χ0n) is 22.3. The molecule has 0 aliphatic carbocycles. The number of hydrogen-bond donors (Lipinski definition) is 5. The van der Waals surface area contributed by atoms with E-state index in [9.17, 15) is 19.5 Å². The number of benzene rings is 2. The fraction of sp³-hybridized carbons (Fsp3) is 0.310. The van der Waals surface area contributed by atoms with E-state index in [4.69, 9.17) is 5.73 Å². The van der Waals surface area contributed by atoms with Crippen molar-refractivity contribution in [3.05, 3.63) is 89.1 Å². The predicted molar refractivity (Wildman–Crippen MR) is 148 cm³/mol. The van der Waals surface area contributed by atoms with Crippen molar-refractivity contribution in [2.75, 3.05) is 0 Å². The summed E-state index contributed by atoms with van der Waals surface area (Å²) in [5.41, 5.74) is 9.08. The number of aromatic carboxylic acids is 1. The molecule has 204 valence electrons. The molecule has 0 fully saturated rings. The minimum Gasteiger partial charge on any atom is -0.476 e. The SMILES string of the molecule is Cc1[nH]c([C@@H](Cc2c[nH]c3ccccc23)N(C(=O)NCc2ccccc2)C(=O)[C@@H](N)CC(C)C)nc1C(=O)O. The molecule has 4 aromatic rings. The molecule has 10 nitrogen and oxygen atoms in total. The largest absolute Gasteiger partial charge is 0.476 e. The molecule has 39 heavy (non-hydrogen) atoms. The summed E-state index contributed by atoms with van der Waals surface area (Å²) >= 11 is 0. The second kappa shape index (κ2) is 12.0. The maximum absolute atomic E-state index is 13.8. The van der Waals surface area contributed by atoms with Crippen molar-refractivity contribution < 1.29 is 19.5 Å². The quantitative estimate of drug-likeness (QED) is 0.206. The van der Waals surface area contributed by atoms with Gasteiger partial charge in [0, 0.05) is 35.8 Å². The summed E-state index contributed by atoms with van der Waals surface area (Å²) in [6.07, 6.45) is 2.39. The van der Waals surface area contributed by atoms with Gasteiger partial charge in [-0.15, -0.1) is 0 Å². The number of urea groups is 1. The Bertz CT molecular complexity index is 1460. The average molecular weight is 531 g/mol. The summed E-state index contributed by atoms with van der Waals surface area (Å²) in [7, 11) is 0. The molecule has 6 N–H and O–H groups in total. The molecule has 4 rings (SSSR count). The smallest absolute Gasteiger partial charge is 0.356 e. The molecular formula is C29H34N6O4. The number of carboxylic acid groups (broad SMARTS) is 1. The third kappa shape index (κ3) is 6.35. The van der Waals surface area contributed by atoms with Crippen molar-refractivity contribution in [3.8, 4) is 0 Å². The summed E-state index contributed by atoms with van der Waals surface area (Å²) in [5, 5.41) is 13.4. The first-order chi connectivity index (χ1) is 18.7. The molecule has 2 aromatic carbocycles. The number of fused-ring (bicyclic) bond motifs is 1. The third-order valence-corrected chi connectivity index (χ3v) is 6.61. The van der Waals surface area contributed by atoms with Crippen LogP contribution in [0.4, 0.5) is 4.79 Å². The van der Waals surface area contributed by atoms with E-state index >= 15 is 0 Å². The van der Waals surface area contributed by atoms with Crippen molar-refractivity contribution in [3.63, 3.8) is 0 Å². The number of aryl methyl sites for hydroxylation is 1. The maximum Gasteiger partial charge on any atom is 0.356 e. The first-order valence-corrected chi connectivity index (χ1v) is 12.9. The fourth-order valence-corrected chi connectivity index (χ4v) is 4.71. The van der Waals surface area contributed by atoms with Crippen molar-refractivity contribution in [1.29, 1.82) is 0 Å². The first-order valence-electron chi connectivity index (χ1n) is 12.9. The minimum atomic E-state index is -1.20. The van der Waals surface area contributed by atoms with Gasteiger partial charge in [-0.25, -0.2) is 14.6 Å². The number of carboxylic acids is 1. The number of hydrogen-bond acceptors (Lipinski definition) is 5. The van der Waals surface area contributed by atoms with Crippen LogP contribution in [0.3, 0.4) is 0 Å². The zero-order chi connectivity index (χ0) is 28.1. The van der Waals surface area contributed by atoms with Gasteiger partial charge in [-0.3, -0.25) is 9.69 Å². The van der Waals surface area contributed by atoms with E-state index < -0.39 is 30.0 Å². The molecule has 0 saturated heterocycles.